The first kappa shape index (κ1) is 12.8. The monoisotopic (exact) mass is 252 g/mol. The average molecular weight is 252 g/mol. The first-order valence-electron chi connectivity index (χ1n) is 4.83. The molecule has 0 unspecified atom stereocenters. The normalized spacial score (nSPS) is 16.5. The van der Waals surface area contributed by atoms with Crippen molar-refractivity contribution >= 4 is 27.2 Å². The van der Waals surface area contributed by atoms with Crippen LogP contribution in [0.4, 0.5) is 0 Å². The molecule has 88 valence electrons. The Bertz CT molecular complexity index is 312. The molecule has 1 rings (SSSR count). The van der Waals surface area contributed by atoms with Crippen molar-refractivity contribution in [3.63, 3.8) is 0 Å². The second kappa shape index (κ2) is 5.74. The zero-order valence-corrected chi connectivity index (χ0v) is 10.1. The highest BCUT2D eigenvalue weighted by Gasteiger charge is 2.21. The van der Waals surface area contributed by atoms with Gasteiger partial charge >= 0.3 is 0 Å². The molecular formula is C8H16N2O3S2. The Kier molecular flexibility index (Phi) is 4.91. The molecule has 0 amide bonds. The zero-order chi connectivity index (χ0) is 11.3. The largest absolute Gasteiger partial charge is 0.392 e. The van der Waals surface area contributed by atoms with E-state index in [9.17, 15) is 8.42 Å². The number of ether oxygens (including phenoxy) is 1. The van der Waals surface area contributed by atoms with Gasteiger partial charge in [-0.05, 0) is 18.8 Å². The quantitative estimate of drug-likeness (QED) is 0.454. The Hall–Kier alpha value is -0.240. The zero-order valence-electron chi connectivity index (χ0n) is 8.44. The summed E-state index contributed by atoms with van der Waals surface area (Å²) in [7, 11) is -3.36. The summed E-state index contributed by atoms with van der Waals surface area (Å²) in [6.07, 6.45) is 2.46. The molecule has 7 heteroatoms. The fraction of sp³-hybridized carbons (Fsp3) is 0.875. The topological polar surface area (TPSA) is 81.4 Å². The van der Waals surface area contributed by atoms with Crippen LogP contribution in [0.3, 0.4) is 0 Å². The van der Waals surface area contributed by atoms with E-state index in [-0.39, 0.29) is 17.3 Å². The molecule has 1 saturated carbocycles. The Morgan fingerprint density at radius 3 is 2.73 bits per heavy atom. The maximum atomic E-state index is 11.2. The second-order valence-corrected chi connectivity index (χ2v) is 5.97. The van der Waals surface area contributed by atoms with E-state index in [0.29, 0.717) is 12.5 Å². The van der Waals surface area contributed by atoms with Crippen molar-refractivity contribution in [2.45, 2.75) is 12.8 Å². The van der Waals surface area contributed by atoms with Gasteiger partial charge in [0.1, 0.15) is 5.75 Å². The predicted molar refractivity (Wildman–Crippen MR) is 62.1 cm³/mol. The third-order valence-corrected chi connectivity index (χ3v) is 3.61. The molecule has 0 atom stereocenters. The van der Waals surface area contributed by atoms with E-state index >= 15 is 0 Å². The van der Waals surface area contributed by atoms with Crippen LogP contribution in [-0.2, 0) is 14.8 Å². The summed E-state index contributed by atoms with van der Waals surface area (Å²) >= 11 is 4.52. The van der Waals surface area contributed by atoms with Gasteiger partial charge in [0.05, 0.1) is 11.6 Å². The number of sulfonamides is 1. The standard InChI is InChI=1S/C8H16N2O3S2/c9-8(14)6-15(11,12)10-3-4-13-5-7-1-2-7/h7,10H,1-6H2,(H2,9,14). The molecule has 15 heavy (non-hydrogen) atoms. The fourth-order valence-corrected chi connectivity index (χ4v) is 2.38. The predicted octanol–water partition coefficient (Wildman–Crippen LogP) is -0.381. The number of nitrogens with two attached hydrogens (primary N) is 1. The summed E-state index contributed by atoms with van der Waals surface area (Å²) in [6.45, 7) is 1.40. The minimum atomic E-state index is -3.36. The van der Waals surface area contributed by atoms with Gasteiger partial charge in [-0.25, -0.2) is 13.1 Å². The van der Waals surface area contributed by atoms with Crippen LogP contribution in [0.15, 0.2) is 0 Å². The van der Waals surface area contributed by atoms with Crippen LogP contribution in [0.5, 0.6) is 0 Å². The number of hydrogen-bond donors (Lipinski definition) is 2. The van der Waals surface area contributed by atoms with Crippen LogP contribution in [-0.4, -0.2) is 38.9 Å². The van der Waals surface area contributed by atoms with Gasteiger partial charge in [-0.3, -0.25) is 0 Å². The highest BCUT2D eigenvalue weighted by atomic mass is 32.2. The van der Waals surface area contributed by atoms with Gasteiger partial charge in [0, 0.05) is 13.2 Å². The molecule has 1 aliphatic rings. The van der Waals surface area contributed by atoms with E-state index in [2.05, 4.69) is 16.9 Å². The van der Waals surface area contributed by atoms with E-state index < -0.39 is 10.0 Å². The SMILES string of the molecule is NC(=S)CS(=O)(=O)NCCOCC1CC1. The van der Waals surface area contributed by atoms with E-state index in [1.165, 1.54) is 12.8 Å². The number of hydrogen-bond acceptors (Lipinski definition) is 4. The molecule has 3 N–H and O–H groups in total. The van der Waals surface area contributed by atoms with Crippen molar-refractivity contribution in [2.75, 3.05) is 25.5 Å². The van der Waals surface area contributed by atoms with Crippen LogP contribution in [0, 0.1) is 5.92 Å². The van der Waals surface area contributed by atoms with Gasteiger partial charge in [-0.15, -0.1) is 0 Å². The third kappa shape index (κ3) is 6.77. The molecule has 0 spiro atoms. The van der Waals surface area contributed by atoms with Gasteiger partial charge in [0.25, 0.3) is 0 Å². The maximum absolute atomic E-state index is 11.2. The van der Waals surface area contributed by atoms with Crippen LogP contribution < -0.4 is 10.5 Å². The van der Waals surface area contributed by atoms with Crippen molar-refractivity contribution in [3.8, 4) is 0 Å². The maximum Gasteiger partial charge on any atom is 0.218 e. The first-order chi connectivity index (χ1) is 6.99. The lowest BCUT2D eigenvalue weighted by molar-refractivity contribution is 0.129. The second-order valence-electron chi connectivity index (χ2n) is 3.64. The van der Waals surface area contributed by atoms with Crippen molar-refractivity contribution in [3.05, 3.63) is 0 Å². The summed E-state index contributed by atoms with van der Waals surface area (Å²) < 4.78 is 30.1. The van der Waals surface area contributed by atoms with Crippen LogP contribution >= 0.6 is 12.2 Å². The summed E-state index contributed by atoms with van der Waals surface area (Å²) in [6, 6.07) is 0. The molecule has 0 saturated heterocycles. The van der Waals surface area contributed by atoms with Gasteiger partial charge in [-0.2, -0.15) is 0 Å². The van der Waals surface area contributed by atoms with Crippen molar-refractivity contribution in [2.24, 2.45) is 11.7 Å². The molecule has 0 heterocycles. The van der Waals surface area contributed by atoms with E-state index in [4.69, 9.17) is 10.5 Å². The number of rotatable bonds is 8. The summed E-state index contributed by atoms with van der Waals surface area (Å²) in [5.41, 5.74) is 5.14. The molecule has 0 aromatic rings. The van der Waals surface area contributed by atoms with Crippen LogP contribution in [0.25, 0.3) is 0 Å². The van der Waals surface area contributed by atoms with E-state index in [1.54, 1.807) is 0 Å². The molecule has 5 nitrogen and oxygen atoms in total. The van der Waals surface area contributed by atoms with E-state index in [1.807, 2.05) is 0 Å². The first-order valence-corrected chi connectivity index (χ1v) is 6.89. The lowest BCUT2D eigenvalue weighted by atomic mass is 10.5. The van der Waals surface area contributed by atoms with E-state index in [0.717, 1.165) is 6.61 Å². The Labute approximate surface area is 95.4 Å². The van der Waals surface area contributed by atoms with Crippen LogP contribution in [0.1, 0.15) is 12.8 Å². The Morgan fingerprint density at radius 2 is 2.20 bits per heavy atom. The fourth-order valence-electron chi connectivity index (χ4n) is 1.04. The molecule has 1 aliphatic carbocycles. The van der Waals surface area contributed by atoms with Crippen molar-refractivity contribution < 1.29 is 13.2 Å². The summed E-state index contributed by atoms with van der Waals surface area (Å²) in [5, 5.41) is 0. The summed E-state index contributed by atoms with van der Waals surface area (Å²) in [5.74, 6) is 0.392. The molecule has 0 bridgehead atoms. The third-order valence-electron chi connectivity index (χ3n) is 1.95. The van der Waals surface area contributed by atoms with Crippen molar-refractivity contribution in [1.29, 1.82) is 0 Å². The number of nitrogens with one attached hydrogen (secondary N) is 1. The molecule has 0 aromatic carbocycles. The smallest absolute Gasteiger partial charge is 0.218 e. The highest BCUT2D eigenvalue weighted by Crippen LogP contribution is 2.28. The Balaban J connectivity index is 2.04. The Morgan fingerprint density at radius 1 is 1.53 bits per heavy atom. The molecule has 0 aromatic heterocycles. The van der Waals surface area contributed by atoms with Gasteiger partial charge < -0.3 is 10.5 Å². The minimum Gasteiger partial charge on any atom is -0.392 e. The van der Waals surface area contributed by atoms with Gasteiger partial charge in [0.15, 0.2) is 0 Å². The lowest BCUT2D eigenvalue weighted by Gasteiger charge is -2.06. The highest BCUT2D eigenvalue weighted by molar-refractivity contribution is 7.92. The van der Waals surface area contributed by atoms with Crippen LogP contribution in [0.2, 0.25) is 0 Å². The average Bonchev–Trinajstić information content (AvgIpc) is 2.84. The molecule has 0 radical (unpaired) electrons. The minimum absolute atomic E-state index is 0.0265. The lowest BCUT2D eigenvalue weighted by Crippen LogP contribution is -2.34. The molecule has 0 aliphatic heterocycles. The van der Waals surface area contributed by atoms with Gasteiger partial charge in [0.2, 0.25) is 10.0 Å². The van der Waals surface area contributed by atoms with Crippen molar-refractivity contribution in [1.82, 2.24) is 4.72 Å². The molecular weight excluding hydrogens is 236 g/mol. The summed E-state index contributed by atoms with van der Waals surface area (Å²) in [4.78, 5) is -0.0265. The number of thiocarbonyl (C=S) groups is 1. The molecule has 1 fully saturated rings. The van der Waals surface area contributed by atoms with Gasteiger partial charge in [-0.1, -0.05) is 12.2 Å².